The fourth-order valence-electron chi connectivity index (χ4n) is 19.7. The molecular weight excluding hydrogens is 1570 g/mol. The molecule has 0 atom stereocenters. The summed E-state index contributed by atoms with van der Waals surface area (Å²) >= 11 is 0. The van der Waals surface area contributed by atoms with E-state index in [1.807, 2.05) is 182 Å². The number of benzene rings is 18. The molecule has 0 unspecified atom stereocenters. The largest absolute Gasteiger partial charge is 0.208 e. The lowest BCUT2D eigenvalue weighted by Gasteiger charge is -2.23. The molecule has 24 rings (SSSR count). The van der Waals surface area contributed by atoms with Gasteiger partial charge in [-0.2, -0.15) is 0 Å². The van der Waals surface area contributed by atoms with E-state index < -0.39 is 0 Å². The number of aromatic nitrogens is 9. The zero-order valence-electron chi connectivity index (χ0n) is 72.4. The first-order chi connectivity index (χ1) is 63.2. The Balaban J connectivity index is 0.000000114. The normalized spacial score (nSPS) is 13.1. The summed E-state index contributed by atoms with van der Waals surface area (Å²) in [5.41, 5.74) is 32.0. The summed E-state index contributed by atoms with van der Waals surface area (Å²) in [6.45, 7) is 14.1. The van der Waals surface area contributed by atoms with Gasteiger partial charge in [0.15, 0.2) is 52.4 Å². The Morgan fingerprint density at radius 3 is 0.690 bits per heavy atom. The van der Waals surface area contributed by atoms with Crippen LogP contribution in [-0.4, -0.2) is 44.9 Å². The van der Waals surface area contributed by atoms with Gasteiger partial charge in [0.25, 0.3) is 0 Å². The molecule has 0 aliphatic heterocycles. The van der Waals surface area contributed by atoms with Crippen molar-refractivity contribution in [2.75, 3.05) is 0 Å². The van der Waals surface area contributed by atoms with Crippen LogP contribution in [-0.2, 0) is 16.2 Å². The molecule has 3 aliphatic carbocycles. The lowest BCUT2D eigenvalue weighted by Crippen LogP contribution is -2.15. The first-order valence-electron chi connectivity index (χ1n) is 44.1. The Morgan fingerprint density at radius 1 is 0.140 bits per heavy atom. The summed E-state index contributed by atoms with van der Waals surface area (Å²) < 4.78 is 0. The highest BCUT2D eigenvalue weighted by molar-refractivity contribution is 6.03. The predicted octanol–water partition coefficient (Wildman–Crippen LogP) is 30.0. The molecule has 0 spiro atoms. The standard InChI is InChI=1S/3C40H29N3/c1-40(2)35-19-10-9-18-33(35)34-23-21-30-24-29(20-22-32(30)36(34)40)28-16-11-17-31(25-28)39-42-37(26-12-5-3-6-13-26)41-38(43-39)27-14-7-4-8-15-27;1-40(2)35-19-10-9-18-32(35)33-23-22-26-20-21-30(25-34(26)36(33)40)29-16-11-17-31(24-29)39-42-37(27-12-5-3-6-13-27)41-38(43-39)28-14-7-4-8-15-28;1-40(2)35-16-10-9-15-32(35)33-24-23-27-19-22-31(25-34(27)36(33)40)26-17-20-30(21-18-26)39-42-37(28-11-5-3-6-12-28)41-38(43-39)29-13-7-4-8-14-29/h3*3-25H,1-2H3. The fourth-order valence-corrected chi connectivity index (χ4v) is 19.7. The third-order valence-electron chi connectivity index (χ3n) is 26.1. The zero-order chi connectivity index (χ0) is 86.9. The zero-order valence-corrected chi connectivity index (χ0v) is 72.4. The van der Waals surface area contributed by atoms with E-state index in [2.05, 4.69) is 278 Å². The number of nitrogens with zero attached hydrogens (tertiary/aromatic N) is 9. The van der Waals surface area contributed by atoms with Crippen LogP contribution >= 0.6 is 0 Å². The van der Waals surface area contributed by atoms with Crippen molar-refractivity contribution in [1.29, 1.82) is 0 Å². The van der Waals surface area contributed by atoms with Gasteiger partial charge in [-0.1, -0.05) is 430 Å². The van der Waals surface area contributed by atoms with Gasteiger partial charge >= 0.3 is 0 Å². The maximum absolute atomic E-state index is 4.95. The van der Waals surface area contributed by atoms with Crippen molar-refractivity contribution < 1.29 is 0 Å². The van der Waals surface area contributed by atoms with Gasteiger partial charge in [-0.05, 0) is 163 Å². The second kappa shape index (κ2) is 32.4. The quantitative estimate of drug-likeness (QED) is 0.118. The molecule has 0 amide bonds. The van der Waals surface area contributed by atoms with Crippen LogP contribution in [0, 0.1) is 0 Å². The van der Waals surface area contributed by atoms with Gasteiger partial charge < -0.3 is 0 Å². The summed E-state index contributed by atoms with van der Waals surface area (Å²) in [4.78, 5) is 44.1. The third-order valence-corrected chi connectivity index (χ3v) is 26.1. The Kier molecular flexibility index (Phi) is 19.8. The molecule has 3 heterocycles. The van der Waals surface area contributed by atoms with Crippen LogP contribution in [0.3, 0.4) is 0 Å². The van der Waals surface area contributed by atoms with Crippen molar-refractivity contribution in [3.05, 3.63) is 452 Å². The Bertz CT molecular complexity index is 7740. The smallest absolute Gasteiger partial charge is 0.164 e. The molecule has 0 saturated heterocycles. The van der Waals surface area contributed by atoms with E-state index >= 15 is 0 Å². The van der Waals surface area contributed by atoms with Crippen molar-refractivity contribution in [3.8, 4) is 169 Å². The average Bonchev–Trinajstić information content (AvgIpc) is 1.57. The fraction of sp³-hybridized carbons (Fsp3) is 0.0750. The highest BCUT2D eigenvalue weighted by atomic mass is 15.1. The van der Waals surface area contributed by atoms with Gasteiger partial charge in [-0.15, -0.1) is 0 Å². The molecule has 0 N–H and O–H groups in total. The molecule has 18 aromatic carbocycles. The van der Waals surface area contributed by atoms with Crippen LogP contribution in [0.25, 0.3) is 202 Å². The van der Waals surface area contributed by atoms with Gasteiger partial charge in [0.1, 0.15) is 0 Å². The molecule has 612 valence electrons. The maximum atomic E-state index is 4.95. The van der Waals surface area contributed by atoms with E-state index in [1.165, 1.54) is 116 Å². The SMILES string of the molecule is CC1(C)c2ccccc2-c2ccc3cc(-c4cccc(-c5nc(-c6ccccc6)nc(-c6ccccc6)n5)c4)ccc3c21.CC1(C)c2ccccc2-c2ccc3ccc(-c4ccc(-c5nc(-c6ccccc6)nc(-c6ccccc6)n5)cc4)cc3c21.CC1(C)c2ccccc2-c2ccc3ccc(-c4cccc(-c5nc(-c6ccccc6)nc(-c6ccccc6)n5)c4)cc3c21. The van der Waals surface area contributed by atoms with E-state index in [4.69, 9.17) is 44.9 Å². The van der Waals surface area contributed by atoms with Crippen LogP contribution in [0.2, 0.25) is 0 Å². The van der Waals surface area contributed by atoms with Crippen LogP contribution in [0.5, 0.6) is 0 Å². The van der Waals surface area contributed by atoms with Gasteiger partial charge in [0, 0.05) is 66.3 Å². The van der Waals surface area contributed by atoms with Crippen molar-refractivity contribution in [1.82, 2.24) is 44.9 Å². The molecule has 0 radical (unpaired) electrons. The van der Waals surface area contributed by atoms with Crippen LogP contribution in [0.15, 0.2) is 419 Å². The monoisotopic (exact) mass is 1650 g/mol. The van der Waals surface area contributed by atoms with Crippen molar-refractivity contribution >= 4 is 32.3 Å². The third kappa shape index (κ3) is 14.5. The topological polar surface area (TPSA) is 116 Å². The number of hydrogen-bond acceptors (Lipinski definition) is 9. The van der Waals surface area contributed by atoms with Crippen LogP contribution in [0.4, 0.5) is 0 Å². The molecule has 0 bridgehead atoms. The van der Waals surface area contributed by atoms with Crippen molar-refractivity contribution in [2.45, 2.75) is 57.8 Å². The molecule has 129 heavy (non-hydrogen) atoms. The minimum Gasteiger partial charge on any atom is -0.208 e. The van der Waals surface area contributed by atoms with Crippen molar-refractivity contribution in [2.24, 2.45) is 0 Å². The molecule has 21 aromatic rings. The highest BCUT2D eigenvalue weighted by Gasteiger charge is 2.40. The number of hydrogen-bond donors (Lipinski definition) is 0. The second-order valence-electron chi connectivity index (χ2n) is 35.1. The number of fused-ring (bicyclic) bond motifs is 15. The van der Waals surface area contributed by atoms with E-state index in [-0.39, 0.29) is 16.2 Å². The minimum absolute atomic E-state index is 0.0432. The molecule has 9 heteroatoms. The summed E-state index contributed by atoms with van der Waals surface area (Å²) in [6.07, 6.45) is 0. The lowest BCUT2D eigenvalue weighted by molar-refractivity contribution is 0.666. The molecule has 9 nitrogen and oxygen atoms in total. The summed E-state index contributed by atoms with van der Waals surface area (Å²) in [6, 6.07) is 147. The van der Waals surface area contributed by atoms with E-state index in [1.54, 1.807) is 0 Å². The van der Waals surface area contributed by atoms with Gasteiger partial charge in [0.2, 0.25) is 0 Å². The molecule has 3 aliphatic rings. The predicted molar refractivity (Wildman–Crippen MR) is 530 cm³/mol. The van der Waals surface area contributed by atoms with E-state index in [0.717, 1.165) is 66.8 Å². The minimum atomic E-state index is -0.0710. The first kappa shape index (κ1) is 78.7. The highest BCUT2D eigenvalue weighted by Crippen LogP contribution is 2.55. The Morgan fingerprint density at radius 2 is 0.357 bits per heavy atom. The first-order valence-corrected chi connectivity index (χ1v) is 44.1. The number of rotatable bonds is 12. The summed E-state index contributed by atoms with van der Waals surface area (Å²) in [5.74, 6) is 5.98. The Hall–Kier alpha value is -16.2. The lowest BCUT2D eigenvalue weighted by atomic mass is 9.80. The molecule has 0 saturated carbocycles. The molecule has 0 fully saturated rings. The van der Waals surface area contributed by atoms with Crippen molar-refractivity contribution in [3.63, 3.8) is 0 Å². The summed E-state index contributed by atoms with van der Waals surface area (Å²) in [7, 11) is 0. The van der Waals surface area contributed by atoms with E-state index in [0.29, 0.717) is 52.4 Å². The second-order valence-corrected chi connectivity index (χ2v) is 35.1. The summed E-state index contributed by atoms with van der Waals surface area (Å²) in [5, 5.41) is 7.72. The van der Waals surface area contributed by atoms with E-state index in [9.17, 15) is 0 Å². The van der Waals surface area contributed by atoms with Crippen LogP contribution < -0.4 is 0 Å². The van der Waals surface area contributed by atoms with Crippen LogP contribution in [0.1, 0.15) is 74.9 Å². The van der Waals surface area contributed by atoms with Gasteiger partial charge in [-0.25, -0.2) is 44.9 Å². The Labute approximate surface area is 751 Å². The average molecular weight is 1660 g/mol. The van der Waals surface area contributed by atoms with Gasteiger partial charge in [-0.3, -0.25) is 0 Å². The molecule has 3 aromatic heterocycles. The van der Waals surface area contributed by atoms with Gasteiger partial charge in [0.05, 0.1) is 0 Å². The molecular formula is C120H87N9. The maximum Gasteiger partial charge on any atom is 0.164 e.